The molecule has 0 amide bonds. The molecule has 0 N–H and O–H groups in total. The maximum absolute atomic E-state index is 2.35. The Kier molecular flexibility index (Phi) is 3.03. The van der Waals surface area contributed by atoms with Crippen LogP contribution < -0.4 is 0 Å². The van der Waals surface area contributed by atoms with E-state index < -0.39 is 0 Å². The molecule has 0 aliphatic heterocycles. The summed E-state index contributed by atoms with van der Waals surface area (Å²) >= 11 is 0. The third-order valence-corrected chi connectivity index (χ3v) is 4.81. The molecule has 2 aromatic carbocycles. The summed E-state index contributed by atoms with van der Waals surface area (Å²) in [5.74, 6) is 0.557. The molecule has 0 aromatic heterocycles. The molecule has 104 valence electrons. The summed E-state index contributed by atoms with van der Waals surface area (Å²) in [5, 5.41) is 0. The second-order valence-corrected chi connectivity index (χ2v) is 6.21. The summed E-state index contributed by atoms with van der Waals surface area (Å²) in [5.41, 5.74) is 8.83. The number of hydrogen-bond donors (Lipinski definition) is 0. The smallest absolute Gasteiger partial charge is 0.00981 e. The van der Waals surface area contributed by atoms with Crippen molar-refractivity contribution in [1.82, 2.24) is 0 Å². The number of aryl methyl sites for hydroxylation is 1. The van der Waals surface area contributed by atoms with E-state index in [1.807, 2.05) is 0 Å². The lowest BCUT2D eigenvalue weighted by atomic mass is 9.73. The van der Waals surface area contributed by atoms with Gasteiger partial charge in [0.15, 0.2) is 0 Å². The predicted octanol–water partition coefficient (Wildman–Crippen LogP) is 5.58. The molecule has 21 heavy (non-hydrogen) atoms. The Morgan fingerprint density at radius 1 is 1.00 bits per heavy atom. The molecular formula is C21H20. The first-order chi connectivity index (χ1) is 10.3. The third-order valence-electron chi connectivity index (χ3n) is 4.81. The maximum atomic E-state index is 2.35. The highest BCUT2D eigenvalue weighted by Gasteiger charge is 2.26. The van der Waals surface area contributed by atoms with E-state index in [1.165, 1.54) is 40.7 Å². The Balaban J connectivity index is 1.89. The second-order valence-electron chi connectivity index (χ2n) is 6.21. The van der Waals surface area contributed by atoms with Crippen molar-refractivity contribution < 1.29 is 0 Å². The van der Waals surface area contributed by atoms with E-state index in [1.54, 1.807) is 5.57 Å². The van der Waals surface area contributed by atoms with E-state index >= 15 is 0 Å². The predicted molar refractivity (Wildman–Crippen MR) is 89.5 cm³/mol. The van der Waals surface area contributed by atoms with E-state index in [4.69, 9.17) is 0 Å². The van der Waals surface area contributed by atoms with Crippen molar-refractivity contribution in [1.29, 1.82) is 0 Å². The van der Waals surface area contributed by atoms with E-state index in [0.717, 1.165) is 6.42 Å². The summed E-state index contributed by atoms with van der Waals surface area (Å²) in [6.07, 6.45) is 10.4. The van der Waals surface area contributed by atoms with E-state index in [0.29, 0.717) is 5.92 Å². The molecule has 0 heterocycles. The van der Waals surface area contributed by atoms with Gasteiger partial charge >= 0.3 is 0 Å². The molecule has 0 heteroatoms. The molecule has 0 bridgehead atoms. The van der Waals surface area contributed by atoms with Crippen molar-refractivity contribution in [3.05, 3.63) is 83.0 Å². The van der Waals surface area contributed by atoms with Gasteiger partial charge < -0.3 is 0 Å². The highest BCUT2D eigenvalue weighted by atomic mass is 14.3. The molecule has 4 rings (SSSR count). The van der Waals surface area contributed by atoms with Gasteiger partial charge in [-0.1, -0.05) is 71.8 Å². The zero-order chi connectivity index (χ0) is 14.2. The molecule has 0 radical (unpaired) electrons. The lowest BCUT2D eigenvalue weighted by molar-refractivity contribution is 0.723. The van der Waals surface area contributed by atoms with Crippen LogP contribution in [0.25, 0.3) is 11.1 Å². The number of allylic oxidation sites excluding steroid dienone is 4. The first-order valence-corrected chi connectivity index (χ1v) is 7.87. The Bertz CT molecular complexity index is 746. The van der Waals surface area contributed by atoms with Crippen LogP contribution >= 0.6 is 0 Å². The SMILES string of the molecule is Cc1ccc2c(c1)-c1ccccc1C(C1=CC=CCC1)C2. The minimum absolute atomic E-state index is 0.557. The van der Waals surface area contributed by atoms with Gasteiger partial charge in [0, 0.05) is 5.92 Å². The minimum Gasteiger partial charge on any atom is -0.0842 e. The van der Waals surface area contributed by atoms with Crippen LogP contribution in [-0.4, -0.2) is 0 Å². The molecule has 1 unspecified atom stereocenters. The summed E-state index contributed by atoms with van der Waals surface area (Å²) in [6.45, 7) is 2.18. The van der Waals surface area contributed by atoms with Crippen LogP contribution in [0, 0.1) is 6.92 Å². The number of hydrogen-bond acceptors (Lipinski definition) is 0. The van der Waals surface area contributed by atoms with Crippen LogP contribution in [0.4, 0.5) is 0 Å². The van der Waals surface area contributed by atoms with Gasteiger partial charge in [-0.25, -0.2) is 0 Å². The first-order valence-electron chi connectivity index (χ1n) is 7.87. The monoisotopic (exact) mass is 272 g/mol. The molecule has 0 spiro atoms. The van der Waals surface area contributed by atoms with Gasteiger partial charge in [0.1, 0.15) is 0 Å². The molecule has 2 aliphatic carbocycles. The maximum Gasteiger partial charge on any atom is 0.00981 e. The van der Waals surface area contributed by atoms with Crippen LogP contribution in [0.1, 0.15) is 35.4 Å². The number of benzene rings is 2. The number of rotatable bonds is 1. The number of fused-ring (bicyclic) bond motifs is 3. The van der Waals surface area contributed by atoms with Crippen LogP contribution in [0.2, 0.25) is 0 Å². The zero-order valence-corrected chi connectivity index (χ0v) is 12.5. The Labute approximate surface area is 126 Å². The Morgan fingerprint density at radius 3 is 2.76 bits per heavy atom. The van der Waals surface area contributed by atoms with E-state index in [2.05, 4.69) is 67.6 Å². The Hall–Kier alpha value is -2.08. The summed E-state index contributed by atoms with van der Waals surface area (Å²) in [4.78, 5) is 0. The van der Waals surface area contributed by atoms with Crippen molar-refractivity contribution in [2.24, 2.45) is 0 Å². The molecule has 2 aromatic rings. The summed E-state index contributed by atoms with van der Waals surface area (Å²) < 4.78 is 0. The van der Waals surface area contributed by atoms with E-state index in [9.17, 15) is 0 Å². The molecule has 0 fully saturated rings. The Morgan fingerprint density at radius 2 is 1.90 bits per heavy atom. The molecule has 0 saturated heterocycles. The van der Waals surface area contributed by atoms with Crippen molar-refractivity contribution in [2.75, 3.05) is 0 Å². The third kappa shape index (κ3) is 2.15. The van der Waals surface area contributed by atoms with Gasteiger partial charge in [-0.05, 0) is 48.4 Å². The second kappa shape index (κ2) is 5.04. The average Bonchev–Trinajstić information content (AvgIpc) is 2.55. The fraction of sp³-hybridized carbons (Fsp3) is 0.238. The minimum atomic E-state index is 0.557. The largest absolute Gasteiger partial charge is 0.0842 e. The van der Waals surface area contributed by atoms with Crippen molar-refractivity contribution in [2.45, 2.75) is 32.1 Å². The first kappa shape index (κ1) is 12.6. The standard InChI is InChI=1S/C21H20/c1-15-11-12-17-14-21(16-7-3-2-4-8-16)19-10-6-5-9-18(19)20(17)13-15/h2-3,5-7,9-13,21H,4,8,14H2,1H3. The lowest BCUT2D eigenvalue weighted by Crippen LogP contribution is -2.14. The van der Waals surface area contributed by atoms with Crippen molar-refractivity contribution >= 4 is 0 Å². The van der Waals surface area contributed by atoms with Crippen LogP contribution in [0.5, 0.6) is 0 Å². The topological polar surface area (TPSA) is 0 Å². The molecule has 2 aliphatic rings. The highest BCUT2D eigenvalue weighted by Crippen LogP contribution is 2.44. The average molecular weight is 272 g/mol. The normalized spacial score (nSPS) is 19.7. The summed E-state index contributed by atoms with van der Waals surface area (Å²) in [6, 6.07) is 15.9. The van der Waals surface area contributed by atoms with Gasteiger partial charge in [-0.3, -0.25) is 0 Å². The highest BCUT2D eigenvalue weighted by molar-refractivity contribution is 5.75. The quantitative estimate of drug-likeness (QED) is 0.636. The molecular weight excluding hydrogens is 252 g/mol. The van der Waals surface area contributed by atoms with Gasteiger partial charge in [0.05, 0.1) is 0 Å². The summed E-state index contributed by atoms with van der Waals surface area (Å²) in [7, 11) is 0. The van der Waals surface area contributed by atoms with Crippen molar-refractivity contribution in [3.63, 3.8) is 0 Å². The van der Waals surface area contributed by atoms with E-state index in [-0.39, 0.29) is 0 Å². The van der Waals surface area contributed by atoms with Crippen LogP contribution in [0.15, 0.2) is 66.3 Å². The van der Waals surface area contributed by atoms with Gasteiger partial charge in [0.25, 0.3) is 0 Å². The van der Waals surface area contributed by atoms with Gasteiger partial charge in [-0.2, -0.15) is 0 Å². The van der Waals surface area contributed by atoms with Gasteiger partial charge in [-0.15, -0.1) is 0 Å². The fourth-order valence-corrected chi connectivity index (χ4v) is 3.74. The van der Waals surface area contributed by atoms with Crippen LogP contribution in [0.3, 0.4) is 0 Å². The molecule has 0 saturated carbocycles. The van der Waals surface area contributed by atoms with Gasteiger partial charge in [0.2, 0.25) is 0 Å². The lowest BCUT2D eigenvalue weighted by Gasteiger charge is -2.30. The zero-order valence-electron chi connectivity index (χ0n) is 12.5. The molecule has 1 atom stereocenters. The van der Waals surface area contributed by atoms with Crippen LogP contribution in [-0.2, 0) is 6.42 Å². The fourth-order valence-electron chi connectivity index (χ4n) is 3.74. The molecule has 0 nitrogen and oxygen atoms in total. The van der Waals surface area contributed by atoms with Crippen molar-refractivity contribution in [3.8, 4) is 11.1 Å².